The molecular formula is C14H13ClFNO3. The lowest BCUT2D eigenvalue weighted by atomic mass is 10.1. The maximum absolute atomic E-state index is 13.0. The van der Waals surface area contributed by atoms with Crippen molar-refractivity contribution in [2.24, 2.45) is 5.92 Å². The first-order valence-corrected chi connectivity index (χ1v) is 6.50. The molecule has 1 heterocycles. The molecule has 0 spiro atoms. The van der Waals surface area contributed by atoms with Crippen LogP contribution in [0.4, 0.5) is 4.39 Å². The number of aliphatic carboxylic acids is 1. The van der Waals surface area contributed by atoms with Crippen LogP contribution in [0.1, 0.15) is 12.0 Å². The molecule has 1 aromatic carbocycles. The van der Waals surface area contributed by atoms with E-state index in [9.17, 15) is 14.0 Å². The average molecular weight is 298 g/mol. The van der Waals surface area contributed by atoms with Gasteiger partial charge in [-0.3, -0.25) is 9.59 Å². The van der Waals surface area contributed by atoms with Crippen LogP contribution in [0.3, 0.4) is 0 Å². The van der Waals surface area contributed by atoms with Gasteiger partial charge in [-0.15, -0.1) is 0 Å². The van der Waals surface area contributed by atoms with Crippen LogP contribution in [0.5, 0.6) is 0 Å². The minimum absolute atomic E-state index is 0.00767. The lowest BCUT2D eigenvalue weighted by molar-refractivity contribution is -0.141. The summed E-state index contributed by atoms with van der Waals surface area (Å²) in [4.78, 5) is 24.2. The third-order valence-electron chi connectivity index (χ3n) is 3.21. The zero-order valence-electron chi connectivity index (χ0n) is 10.6. The first-order valence-electron chi connectivity index (χ1n) is 6.12. The van der Waals surface area contributed by atoms with Crippen LogP contribution in [-0.2, 0) is 9.59 Å². The fraction of sp³-hybridized carbons (Fsp3) is 0.286. The van der Waals surface area contributed by atoms with E-state index in [4.69, 9.17) is 16.7 Å². The van der Waals surface area contributed by atoms with Gasteiger partial charge < -0.3 is 10.0 Å². The number of carboxylic acid groups (broad SMARTS) is 1. The molecule has 1 N–H and O–H groups in total. The Bertz CT molecular complexity index is 574. The van der Waals surface area contributed by atoms with Crippen LogP contribution < -0.4 is 0 Å². The van der Waals surface area contributed by atoms with Gasteiger partial charge in [0.2, 0.25) is 5.91 Å². The van der Waals surface area contributed by atoms with Crippen molar-refractivity contribution >= 4 is 29.6 Å². The van der Waals surface area contributed by atoms with Gasteiger partial charge in [-0.1, -0.05) is 17.7 Å². The summed E-state index contributed by atoms with van der Waals surface area (Å²) in [5, 5.41) is 8.86. The first-order chi connectivity index (χ1) is 9.47. The molecule has 0 aromatic heterocycles. The molecule has 1 fully saturated rings. The van der Waals surface area contributed by atoms with E-state index in [0.717, 1.165) is 0 Å². The molecule has 20 heavy (non-hydrogen) atoms. The van der Waals surface area contributed by atoms with Crippen molar-refractivity contribution in [2.45, 2.75) is 6.42 Å². The Morgan fingerprint density at radius 3 is 2.80 bits per heavy atom. The number of carbonyl (C=O) groups is 2. The number of likely N-dealkylation sites (tertiary alicyclic amines) is 1. The number of hydrogen-bond donors (Lipinski definition) is 1. The van der Waals surface area contributed by atoms with Crippen LogP contribution >= 0.6 is 11.6 Å². The van der Waals surface area contributed by atoms with Gasteiger partial charge in [-0.25, -0.2) is 4.39 Å². The second kappa shape index (κ2) is 6.05. The van der Waals surface area contributed by atoms with Gasteiger partial charge in [-0.05, 0) is 30.2 Å². The zero-order valence-corrected chi connectivity index (χ0v) is 11.3. The summed E-state index contributed by atoms with van der Waals surface area (Å²) < 4.78 is 13.0. The Morgan fingerprint density at radius 2 is 2.20 bits per heavy atom. The predicted octanol–water partition coefficient (Wildman–Crippen LogP) is 2.43. The van der Waals surface area contributed by atoms with Gasteiger partial charge in [0, 0.05) is 19.2 Å². The van der Waals surface area contributed by atoms with E-state index in [-0.39, 0.29) is 17.5 Å². The fourth-order valence-electron chi connectivity index (χ4n) is 2.05. The lowest BCUT2D eigenvalue weighted by Gasteiger charge is -2.12. The average Bonchev–Trinajstić information content (AvgIpc) is 2.89. The molecule has 1 saturated heterocycles. The molecule has 2 rings (SSSR count). The quantitative estimate of drug-likeness (QED) is 0.872. The van der Waals surface area contributed by atoms with E-state index in [0.29, 0.717) is 18.5 Å². The number of carboxylic acids is 1. The summed E-state index contributed by atoms with van der Waals surface area (Å²) in [6.45, 7) is 0.660. The molecule has 4 nitrogen and oxygen atoms in total. The van der Waals surface area contributed by atoms with Gasteiger partial charge in [0.05, 0.1) is 10.9 Å². The van der Waals surface area contributed by atoms with Crippen LogP contribution in [0.15, 0.2) is 24.3 Å². The smallest absolute Gasteiger partial charge is 0.308 e. The van der Waals surface area contributed by atoms with Gasteiger partial charge in [0.1, 0.15) is 5.82 Å². The molecule has 1 atom stereocenters. The van der Waals surface area contributed by atoms with Gasteiger partial charge in [-0.2, -0.15) is 0 Å². The number of rotatable bonds is 3. The normalized spacial score (nSPS) is 18.7. The maximum Gasteiger partial charge on any atom is 0.308 e. The number of benzene rings is 1. The van der Waals surface area contributed by atoms with Crippen LogP contribution in [-0.4, -0.2) is 35.0 Å². The molecule has 1 aromatic rings. The Kier molecular flexibility index (Phi) is 4.39. The molecule has 6 heteroatoms. The summed E-state index contributed by atoms with van der Waals surface area (Å²) >= 11 is 5.64. The number of carbonyl (C=O) groups excluding carboxylic acids is 1. The Hall–Kier alpha value is -1.88. The SMILES string of the molecule is O=C(O)C1CCN(C(=O)C=Cc2ccc(F)c(Cl)c2)C1. The monoisotopic (exact) mass is 297 g/mol. The van der Waals surface area contributed by atoms with Gasteiger partial charge in [0.25, 0.3) is 0 Å². The van der Waals surface area contributed by atoms with Crippen LogP contribution in [0, 0.1) is 11.7 Å². The highest BCUT2D eigenvalue weighted by molar-refractivity contribution is 6.30. The summed E-state index contributed by atoms with van der Waals surface area (Å²) in [6.07, 6.45) is 3.34. The third-order valence-corrected chi connectivity index (χ3v) is 3.50. The summed E-state index contributed by atoms with van der Waals surface area (Å²) in [7, 11) is 0. The first kappa shape index (κ1) is 14.5. The molecule has 106 valence electrons. The van der Waals surface area contributed by atoms with Crippen molar-refractivity contribution < 1.29 is 19.1 Å². The molecule has 0 radical (unpaired) electrons. The maximum atomic E-state index is 13.0. The third kappa shape index (κ3) is 3.36. The zero-order chi connectivity index (χ0) is 14.7. The Labute approximate surface area is 120 Å². The molecule has 1 unspecified atom stereocenters. The predicted molar refractivity (Wildman–Crippen MR) is 72.8 cm³/mol. The number of amides is 1. The van der Waals surface area contributed by atoms with E-state index in [2.05, 4.69) is 0 Å². The van der Waals surface area contributed by atoms with Crippen LogP contribution in [0.2, 0.25) is 5.02 Å². The van der Waals surface area contributed by atoms with Crippen molar-refractivity contribution in [1.29, 1.82) is 0 Å². The molecule has 0 saturated carbocycles. The number of halogens is 2. The highest BCUT2D eigenvalue weighted by atomic mass is 35.5. The van der Waals surface area contributed by atoms with Crippen molar-refractivity contribution in [1.82, 2.24) is 4.90 Å². The van der Waals surface area contributed by atoms with E-state index >= 15 is 0 Å². The van der Waals surface area contributed by atoms with Crippen LogP contribution in [0.25, 0.3) is 6.08 Å². The standard InChI is InChI=1S/C14H13ClFNO3/c15-11-7-9(1-3-12(11)16)2-4-13(18)17-6-5-10(8-17)14(19)20/h1-4,7,10H,5-6,8H2,(H,19,20). The highest BCUT2D eigenvalue weighted by Gasteiger charge is 2.29. The van der Waals surface area contributed by atoms with E-state index in [1.807, 2.05) is 0 Å². The van der Waals surface area contributed by atoms with Crippen molar-refractivity contribution in [3.05, 3.63) is 40.7 Å². The Balaban J connectivity index is 1.99. The fourth-order valence-corrected chi connectivity index (χ4v) is 2.24. The second-order valence-electron chi connectivity index (χ2n) is 4.61. The molecule has 0 aliphatic carbocycles. The van der Waals surface area contributed by atoms with Gasteiger partial charge in [0.15, 0.2) is 0 Å². The topological polar surface area (TPSA) is 57.6 Å². The second-order valence-corrected chi connectivity index (χ2v) is 5.02. The highest BCUT2D eigenvalue weighted by Crippen LogP contribution is 2.19. The summed E-state index contributed by atoms with van der Waals surface area (Å²) in [5.41, 5.74) is 0.610. The van der Waals surface area contributed by atoms with E-state index < -0.39 is 17.7 Å². The minimum Gasteiger partial charge on any atom is -0.481 e. The largest absolute Gasteiger partial charge is 0.481 e. The van der Waals surface area contributed by atoms with Crippen molar-refractivity contribution in [3.8, 4) is 0 Å². The lowest BCUT2D eigenvalue weighted by Crippen LogP contribution is -2.28. The van der Waals surface area contributed by atoms with Crippen molar-refractivity contribution in [2.75, 3.05) is 13.1 Å². The Morgan fingerprint density at radius 1 is 1.45 bits per heavy atom. The molecular weight excluding hydrogens is 285 g/mol. The van der Waals surface area contributed by atoms with E-state index in [1.165, 1.54) is 35.3 Å². The number of nitrogens with zero attached hydrogens (tertiary/aromatic N) is 1. The summed E-state index contributed by atoms with van der Waals surface area (Å²) in [6, 6.07) is 4.16. The molecule has 1 amide bonds. The van der Waals surface area contributed by atoms with Crippen molar-refractivity contribution in [3.63, 3.8) is 0 Å². The van der Waals surface area contributed by atoms with Gasteiger partial charge >= 0.3 is 5.97 Å². The number of hydrogen-bond acceptors (Lipinski definition) is 2. The molecule has 1 aliphatic heterocycles. The minimum atomic E-state index is -0.880. The molecule has 1 aliphatic rings. The van der Waals surface area contributed by atoms with E-state index in [1.54, 1.807) is 0 Å². The summed E-state index contributed by atoms with van der Waals surface area (Å²) in [5.74, 6) is -2.14. The molecule has 0 bridgehead atoms.